The molecule has 0 bridgehead atoms. The quantitative estimate of drug-likeness (QED) is 0.453. The predicted molar refractivity (Wildman–Crippen MR) is 117 cm³/mol. The fraction of sp³-hybridized carbons (Fsp3) is 0.391. The third-order valence-corrected chi connectivity index (χ3v) is 5.12. The first kappa shape index (κ1) is 20.8. The van der Waals surface area contributed by atoms with Gasteiger partial charge in [0.1, 0.15) is 23.2 Å². The summed E-state index contributed by atoms with van der Waals surface area (Å²) in [5.41, 5.74) is 0.238. The summed E-state index contributed by atoms with van der Waals surface area (Å²) in [4.78, 5) is 22.8. The summed E-state index contributed by atoms with van der Waals surface area (Å²) in [7, 11) is 0. The van der Waals surface area contributed by atoms with Gasteiger partial charge in [0.25, 0.3) is 0 Å². The Morgan fingerprint density at radius 1 is 1.23 bits per heavy atom. The molecule has 3 aromatic rings. The first-order valence-electron chi connectivity index (χ1n) is 10.3. The standard InChI is InChI=1S/C23H26N4O4/c1-14(24-22(29)30-23(2,3)4)27-11-5-6-19(27)21-25-20(26-31-21)17-8-7-16-13-18(28)10-9-15(16)12-17/h7-10,12-13,19,28H,5-6,11H2,1-4H3/t19-/m0/s1. The highest BCUT2D eigenvalue weighted by atomic mass is 16.6. The number of carbonyl (C=O) groups excluding carboxylic acids is 1. The number of likely N-dealkylation sites (tertiary alicyclic amines) is 1. The number of ether oxygens (including phenoxy) is 1. The monoisotopic (exact) mass is 422 g/mol. The summed E-state index contributed by atoms with van der Waals surface area (Å²) in [6.07, 6.45) is 1.16. The topological polar surface area (TPSA) is 101 Å². The Morgan fingerprint density at radius 3 is 2.74 bits per heavy atom. The second kappa shape index (κ2) is 8.02. The Labute approximate surface area is 180 Å². The van der Waals surface area contributed by atoms with Gasteiger partial charge in [-0.15, -0.1) is 0 Å². The molecule has 8 heteroatoms. The molecule has 2 heterocycles. The van der Waals surface area contributed by atoms with Crippen molar-refractivity contribution >= 4 is 22.7 Å². The van der Waals surface area contributed by atoms with Gasteiger partial charge in [-0.3, -0.25) is 0 Å². The smallest absolute Gasteiger partial charge is 0.435 e. The minimum atomic E-state index is -0.607. The van der Waals surface area contributed by atoms with Gasteiger partial charge in [-0.25, -0.2) is 4.79 Å². The molecule has 1 aliphatic rings. The van der Waals surface area contributed by atoms with E-state index in [1.807, 2.05) is 49.9 Å². The van der Waals surface area contributed by atoms with Gasteiger partial charge < -0.3 is 19.3 Å². The third kappa shape index (κ3) is 4.68. The molecular weight excluding hydrogens is 396 g/mol. The van der Waals surface area contributed by atoms with E-state index >= 15 is 0 Å². The first-order valence-corrected chi connectivity index (χ1v) is 10.3. The number of aromatic hydroxyl groups is 1. The molecule has 31 heavy (non-hydrogen) atoms. The SMILES string of the molecule is CC(=NC(=O)OC(C)(C)C)N1CCC[C@H]1c1nc(-c2ccc3cc(O)ccc3c2)no1. The van der Waals surface area contributed by atoms with Crippen molar-refractivity contribution < 1.29 is 19.2 Å². The summed E-state index contributed by atoms with van der Waals surface area (Å²) in [6, 6.07) is 10.9. The van der Waals surface area contributed by atoms with Crippen molar-refractivity contribution in [3.63, 3.8) is 0 Å². The number of amidine groups is 1. The molecule has 0 aliphatic carbocycles. The van der Waals surface area contributed by atoms with Crippen molar-refractivity contribution in [1.82, 2.24) is 15.0 Å². The number of phenols is 1. The van der Waals surface area contributed by atoms with Gasteiger partial charge in [0.2, 0.25) is 11.7 Å². The average molecular weight is 422 g/mol. The molecule has 1 aliphatic heterocycles. The molecule has 0 saturated carbocycles. The largest absolute Gasteiger partial charge is 0.508 e. The van der Waals surface area contributed by atoms with Crippen LogP contribution >= 0.6 is 0 Å². The number of rotatable bonds is 2. The zero-order chi connectivity index (χ0) is 22.2. The van der Waals surface area contributed by atoms with Crippen molar-refractivity contribution in [1.29, 1.82) is 0 Å². The summed E-state index contributed by atoms with van der Waals surface area (Å²) >= 11 is 0. The molecular formula is C23H26N4O4. The molecule has 1 N–H and O–H groups in total. The van der Waals surface area contributed by atoms with Crippen LogP contribution in [0.5, 0.6) is 5.75 Å². The lowest BCUT2D eigenvalue weighted by Crippen LogP contribution is -2.30. The molecule has 0 radical (unpaired) electrons. The number of hydrogen-bond acceptors (Lipinski definition) is 6. The van der Waals surface area contributed by atoms with Crippen LogP contribution in [0.4, 0.5) is 4.79 Å². The van der Waals surface area contributed by atoms with Crippen LogP contribution in [-0.2, 0) is 4.74 Å². The highest BCUT2D eigenvalue weighted by molar-refractivity contribution is 5.90. The predicted octanol–water partition coefficient (Wildman–Crippen LogP) is 5.09. The van der Waals surface area contributed by atoms with E-state index < -0.39 is 11.7 Å². The lowest BCUT2D eigenvalue weighted by molar-refractivity contribution is 0.0601. The molecule has 2 aromatic carbocycles. The number of benzene rings is 2. The van der Waals surface area contributed by atoms with Gasteiger partial charge >= 0.3 is 6.09 Å². The maximum absolute atomic E-state index is 12.1. The van der Waals surface area contributed by atoms with E-state index in [0.717, 1.165) is 35.7 Å². The summed E-state index contributed by atoms with van der Waals surface area (Å²) in [5.74, 6) is 1.80. The Morgan fingerprint density at radius 2 is 1.97 bits per heavy atom. The molecule has 1 amide bonds. The van der Waals surface area contributed by atoms with E-state index in [1.165, 1.54) is 0 Å². The molecule has 0 unspecified atom stereocenters. The van der Waals surface area contributed by atoms with Gasteiger partial charge in [-0.05, 0) is 69.5 Å². The summed E-state index contributed by atoms with van der Waals surface area (Å²) < 4.78 is 10.9. The minimum Gasteiger partial charge on any atom is -0.508 e. The number of carbonyl (C=O) groups is 1. The molecule has 162 valence electrons. The Hall–Kier alpha value is -3.42. The molecule has 8 nitrogen and oxygen atoms in total. The Bertz CT molecular complexity index is 1150. The second-order valence-electron chi connectivity index (χ2n) is 8.69. The van der Waals surface area contributed by atoms with Gasteiger partial charge in [0.15, 0.2) is 0 Å². The highest BCUT2D eigenvalue weighted by Crippen LogP contribution is 2.33. The molecule has 0 spiro atoms. The Kier molecular flexibility index (Phi) is 5.39. The van der Waals surface area contributed by atoms with Crippen LogP contribution in [0.15, 0.2) is 45.9 Å². The second-order valence-corrected chi connectivity index (χ2v) is 8.69. The van der Waals surface area contributed by atoms with E-state index in [4.69, 9.17) is 9.26 Å². The minimum absolute atomic E-state index is 0.134. The molecule has 1 atom stereocenters. The number of amides is 1. The third-order valence-electron chi connectivity index (χ3n) is 5.12. The van der Waals surface area contributed by atoms with Gasteiger partial charge in [-0.2, -0.15) is 9.98 Å². The van der Waals surface area contributed by atoms with Crippen molar-refractivity contribution in [3.05, 3.63) is 42.3 Å². The maximum Gasteiger partial charge on any atom is 0.435 e. The van der Waals surface area contributed by atoms with Crippen molar-refractivity contribution in [2.24, 2.45) is 4.99 Å². The first-order chi connectivity index (χ1) is 14.7. The van der Waals surface area contributed by atoms with Crippen molar-refractivity contribution in [2.45, 2.75) is 52.2 Å². The zero-order valence-electron chi connectivity index (χ0n) is 18.1. The van der Waals surface area contributed by atoms with E-state index in [9.17, 15) is 9.90 Å². The van der Waals surface area contributed by atoms with Gasteiger partial charge in [0, 0.05) is 12.1 Å². The number of fused-ring (bicyclic) bond motifs is 1. The Balaban J connectivity index is 1.55. The van der Waals surface area contributed by atoms with Crippen LogP contribution in [-0.4, -0.2) is 44.2 Å². The van der Waals surface area contributed by atoms with Crippen LogP contribution in [0.2, 0.25) is 0 Å². The maximum atomic E-state index is 12.1. The average Bonchev–Trinajstić information content (AvgIpc) is 3.35. The molecule has 4 rings (SSSR count). The highest BCUT2D eigenvalue weighted by Gasteiger charge is 2.32. The number of aliphatic imine (C=N–C) groups is 1. The van der Waals surface area contributed by atoms with E-state index in [-0.39, 0.29) is 11.8 Å². The van der Waals surface area contributed by atoms with Crippen LogP contribution in [0.1, 0.15) is 52.5 Å². The van der Waals surface area contributed by atoms with Crippen molar-refractivity contribution in [3.8, 4) is 17.1 Å². The number of nitrogens with zero attached hydrogens (tertiary/aromatic N) is 4. The van der Waals surface area contributed by atoms with E-state index in [1.54, 1.807) is 19.1 Å². The van der Waals surface area contributed by atoms with Crippen LogP contribution in [0, 0.1) is 0 Å². The fourth-order valence-electron chi connectivity index (χ4n) is 3.75. The lowest BCUT2D eigenvalue weighted by Gasteiger charge is -2.24. The zero-order valence-corrected chi connectivity index (χ0v) is 18.1. The molecule has 1 saturated heterocycles. The van der Waals surface area contributed by atoms with E-state index in [0.29, 0.717) is 17.6 Å². The summed E-state index contributed by atoms with van der Waals surface area (Å²) in [5, 5.41) is 15.7. The van der Waals surface area contributed by atoms with Crippen LogP contribution in [0.25, 0.3) is 22.2 Å². The fourth-order valence-corrected chi connectivity index (χ4v) is 3.75. The summed E-state index contributed by atoms with van der Waals surface area (Å²) in [6.45, 7) is 7.97. The number of aromatic nitrogens is 2. The van der Waals surface area contributed by atoms with Crippen molar-refractivity contribution in [2.75, 3.05) is 6.54 Å². The lowest BCUT2D eigenvalue weighted by atomic mass is 10.1. The normalized spacial score (nSPS) is 17.4. The number of phenolic OH excluding ortho intramolecular Hbond substituents is 1. The number of hydrogen-bond donors (Lipinski definition) is 1. The molecule has 1 aromatic heterocycles. The van der Waals surface area contributed by atoms with Crippen LogP contribution in [0.3, 0.4) is 0 Å². The van der Waals surface area contributed by atoms with Gasteiger partial charge in [-0.1, -0.05) is 23.4 Å². The molecule has 1 fully saturated rings. The van der Waals surface area contributed by atoms with Crippen LogP contribution < -0.4 is 0 Å². The van der Waals surface area contributed by atoms with Gasteiger partial charge in [0.05, 0.1) is 0 Å². The van der Waals surface area contributed by atoms with E-state index in [2.05, 4.69) is 15.1 Å².